The largest absolute Gasteiger partial charge is 0.384 e. The maximum Gasteiger partial charge on any atom is 0.263 e. The third-order valence-corrected chi connectivity index (χ3v) is 3.82. The Morgan fingerprint density at radius 1 is 1.04 bits per heavy atom. The van der Waals surface area contributed by atoms with Crippen LogP contribution in [0.15, 0.2) is 54.7 Å². The molecule has 23 heavy (non-hydrogen) atoms. The lowest BCUT2D eigenvalue weighted by molar-refractivity contribution is 0.151. The van der Waals surface area contributed by atoms with Crippen LogP contribution in [0.3, 0.4) is 0 Å². The number of alkyl halides is 2. The molecule has 4 aromatic rings. The van der Waals surface area contributed by atoms with Gasteiger partial charge in [0.2, 0.25) is 0 Å². The highest BCUT2D eigenvalue weighted by Gasteiger charge is 2.12. The fourth-order valence-electron chi connectivity index (χ4n) is 2.71. The average Bonchev–Trinajstić information content (AvgIpc) is 2.99. The Bertz CT molecular complexity index is 1020. The Balaban J connectivity index is 1.95. The third kappa shape index (κ3) is 2.19. The highest BCUT2D eigenvalue weighted by atomic mass is 19.3. The van der Waals surface area contributed by atoms with Gasteiger partial charge < -0.3 is 5.73 Å². The molecule has 2 aromatic heterocycles. The second-order valence-electron chi connectivity index (χ2n) is 5.26. The van der Waals surface area contributed by atoms with Crippen LogP contribution >= 0.6 is 0 Å². The van der Waals surface area contributed by atoms with E-state index in [2.05, 4.69) is 10.1 Å². The predicted molar refractivity (Wildman–Crippen MR) is 85.3 cm³/mol. The Morgan fingerprint density at radius 2 is 1.91 bits per heavy atom. The number of fused-ring (bicyclic) bond motifs is 2. The van der Waals surface area contributed by atoms with Gasteiger partial charge in [0.05, 0.1) is 5.69 Å². The van der Waals surface area contributed by atoms with Crippen molar-refractivity contribution in [3.05, 3.63) is 60.3 Å². The minimum Gasteiger partial charge on any atom is -0.384 e. The van der Waals surface area contributed by atoms with Gasteiger partial charge in [-0.3, -0.25) is 0 Å². The van der Waals surface area contributed by atoms with Gasteiger partial charge in [-0.15, -0.1) is 0 Å². The zero-order chi connectivity index (χ0) is 16.0. The molecular weight excluding hydrogens is 298 g/mol. The summed E-state index contributed by atoms with van der Waals surface area (Å²) in [6.07, 6.45) is -0.865. The van der Waals surface area contributed by atoms with Crippen LogP contribution in [0.5, 0.6) is 0 Å². The third-order valence-electron chi connectivity index (χ3n) is 3.82. The van der Waals surface area contributed by atoms with E-state index >= 15 is 0 Å². The first-order valence-corrected chi connectivity index (χ1v) is 7.05. The van der Waals surface area contributed by atoms with Crippen LogP contribution in [0, 0.1) is 0 Å². The molecule has 0 saturated carbocycles. The maximum absolute atomic E-state index is 12.9. The van der Waals surface area contributed by atoms with Crippen molar-refractivity contribution in [1.29, 1.82) is 0 Å². The summed E-state index contributed by atoms with van der Waals surface area (Å²) in [6, 6.07) is 13.7. The molecule has 0 spiro atoms. The summed E-state index contributed by atoms with van der Waals surface area (Å²) in [7, 11) is 0. The number of nitrogen functional groups attached to an aromatic ring is 1. The summed E-state index contributed by atoms with van der Waals surface area (Å²) in [5.41, 5.74) is 8.09. The van der Waals surface area contributed by atoms with Gasteiger partial charge in [0.25, 0.3) is 6.43 Å². The number of nitrogens with two attached hydrogens (primary N) is 1. The molecular formula is C17H12F2N4. The molecule has 4 rings (SSSR count). The molecule has 6 heteroatoms. The SMILES string of the molecule is Nc1ccnc2cc(-c3cccc4cc(C(F)F)ccc34)nn12. The van der Waals surface area contributed by atoms with Crippen molar-refractivity contribution in [2.75, 3.05) is 5.73 Å². The number of nitrogens with zero attached hydrogens (tertiary/aromatic N) is 3. The van der Waals surface area contributed by atoms with Crippen LogP contribution < -0.4 is 5.73 Å². The summed E-state index contributed by atoms with van der Waals surface area (Å²) in [5, 5.41) is 6.08. The van der Waals surface area contributed by atoms with Crippen LogP contribution in [-0.4, -0.2) is 14.6 Å². The second-order valence-corrected chi connectivity index (χ2v) is 5.26. The van der Waals surface area contributed by atoms with E-state index in [-0.39, 0.29) is 5.56 Å². The Labute approximate surface area is 130 Å². The molecule has 0 saturated heterocycles. The smallest absolute Gasteiger partial charge is 0.263 e. The molecule has 0 fully saturated rings. The number of halogens is 2. The van der Waals surface area contributed by atoms with Gasteiger partial charge in [0.15, 0.2) is 5.65 Å². The van der Waals surface area contributed by atoms with Crippen LogP contribution in [0.2, 0.25) is 0 Å². The van der Waals surface area contributed by atoms with Crippen molar-refractivity contribution in [2.45, 2.75) is 6.43 Å². The highest BCUT2D eigenvalue weighted by Crippen LogP contribution is 2.31. The monoisotopic (exact) mass is 310 g/mol. The second kappa shape index (κ2) is 5.01. The Hall–Kier alpha value is -3.02. The fourth-order valence-corrected chi connectivity index (χ4v) is 2.71. The number of rotatable bonds is 2. The molecule has 2 aromatic carbocycles. The molecule has 0 aliphatic carbocycles. The molecule has 0 radical (unpaired) electrons. The molecule has 4 nitrogen and oxygen atoms in total. The van der Waals surface area contributed by atoms with Gasteiger partial charge in [-0.05, 0) is 22.9 Å². The van der Waals surface area contributed by atoms with Crippen LogP contribution in [-0.2, 0) is 0 Å². The van der Waals surface area contributed by atoms with E-state index in [9.17, 15) is 8.78 Å². The molecule has 2 N–H and O–H groups in total. The van der Waals surface area contributed by atoms with Crippen LogP contribution in [0.4, 0.5) is 14.6 Å². The normalized spacial score (nSPS) is 11.6. The first kappa shape index (κ1) is 13.6. The molecule has 0 aliphatic rings. The zero-order valence-electron chi connectivity index (χ0n) is 11.9. The predicted octanol–water partition coefficient (Wildman–Crippen LogP) is 4.07. The fraction of sp³-hybridized carbons (Fsp3) is 0.0588. The maximum atomic E-state index is 12.9. The first-order chi connectivity index (χ1) is 11.1. The molecule has 0 amide bonds. The first-order valence-electron chi connectivity index (χ1n) is 7.05. The van der Waals surface area contributed by atoms with E-state index in [1.807, 2.05) is 24.3 Å². The lowest BCUT2D eigenvalue weighted by atomic mass is 10.0. The van der Waals surface area contributed by atoms with E-state index in [0.717, 1.165) is 16.3 Å². The Morgan fingerprint density at radius 3 is 2.70 bits per heavy atom. The van der Waals surface area contributed by atoms with Crippen molar-refractivity contribution in [3.63, 3.8) is 0 Å². The summed E-state index contributed by atoms with van der Waals surface area (Å²) >= 11 is 0. The quantitative estimate of drug-likeness (QED) is 0.607. The molecule has 114 valence electrons. The number of hydrogen-bond acceptors (Lipinski definition) is 3. The number of aromatic nitrogens is 3. The standard InChI is InChI=1S/C17H12F2N4/c18-17(19)11-4-5-12-10(8-11)2-1-3-13(12)14-9-16-21-7-6-15(20)23(16)22-14/h1-9,17H,20H2. The molecule has 0 atom stereocenters. The van der Waals surface area contributed by atoms with E-state index in [1.54, 1.807) is 22.8 Å². The molecule has 0 unspecified atom stereocenters. The van der Waals surface area contributed by atoms with Gasteiger partial charge in [0.1, 0.15) is 5.82 Å². The summed E-state index contributed by atoms with van der Waals surface area (Å²) in [5.74, 6) is 0.487. The van der Waals surface area contributed by atoms with E-state index in [0.29, 0.717) is 17.2 Å². The van der Waals surface area contributed by atoms with Gasteiger partial charge in [-0.1, -0.05) is 30.3 Å². The molecule has 0 bridgehead atoms. The van der Waals surface area contributed by atoms with Gasteiger partial charge in [0, 0.05) is 23.4 Å². The van der Waals surface area contributed by atoms with E-state index in [1.165, 1.54) is 12.1 Å². The summed E-state index contributed by atoms with van der Waals surface area (Å²) in [4.78, 5) is 4.23. The minimum atomic E-state index is -2.48. The minimum absolute atomic E-state index is 0.00978. The van der Waals surface area contributed by atoms with Crippen molar-refractivity contribution < 1.29 is 8.78 Å². The lowest BCUT2D eigenvalue weighted by Gasteiger charge is -2.06. The van der Waals surface area contributed by atoms with Crippen molar-refractivity contribution in [3.8, 4) is 11.3 Å². The van der Waals surface area contributed by atoms with Crippen molar-refractivity contribution in [2.24, 2.45) is 0 Å². The highest BCUT2D eigenvalue weighted by molar-refractivity contribution is 5.96. The van der Waals surface area contributed by atoms with Crippen LogP contribution in [0.25, 0.3) is 27.7 Å². The van der Waals surface area contributed by atoms with Gasteiger partial charge >= 0.3 is 0 Å². The zero-order valence-corrected chi connectivity index (χ0v) is 11.9. The van der Waals surface area contributed by atoms with Crippen molar-refractivity contribution in [1.82, 2.24) is 14.6 Å². The number of anilines is 1. The molecule has 2 heterocycles. The van der Waals surface area contributed by atoms with E-state index in [4.69, 9.17) is 5.73 Å². The number of hydrogen-bond donors (Lipinski definition) is 1. The molecule has 0 aliphatic heterocycles. The van der Waals surface area contributed by atoms with Crippen LogP contribution in [0.1, 0.15) is 12.0 Å². The van der Waals surface area contributed by atoms with Crippen molar-refractivity contribution >= 4 is 22.2 Å². The van der Waals surface area contributed by atoms with E-state index < -0.39 is 6.43 Å². The van der Waals surface area contributed by atoms with Gasteiger partial charge in [-0.2, -0.15) is 9.61 Å². The lowest BCUT2D eigenvalue weighted by Crippen LogP contribution is -1.98. The number of benzene rings is 2. The van der Waals surface area contributed by atoms with Gasteiger partial charge in [-0.25, -0.2) is 13.8 Å². The summed E-state index contributed by atoms with van der Waals surface area (Å²) in [6.45, 7) is 0. The summed E-state index contributed by atoms with van der Waals surface area (Å²) < 4.78 is 27.3. The average molecular weight is 310 g/mol. The Kier molecular flexibility index (Phi) is 2.97. The topological polar surface area (TPSA) is 56.2 Å².